The Morgan fingerprint density at radius 3 is 2.42 bits per heavy atom. The zero-order valence-electron chi connectivity index (χ0n) is 19.3. The third-order valence-corrected chi connectivity index (χ3v) is 6.46. The maximum Gasteiger partial charge on any atom is 0.346 e. The number of amides is 1. The van der Waals surface area contributed by atoms with E-state index in [-0.39, 0.29) is 24.0 Å². The fraction of sp³-hybridized carbons (Fsp3) is 0.120. The second-order valence-corrected chi connectivity index (χ2v) is 9.11. The van der Waals surface area contributed by atoms with Crippen molar-refractivity contribution in [1.29, 1.82) is 0 Å². The fourth-order valence-corrected chi connectivity index (χ4v) is 4.64. The lowest BCUT2D eigenvalue weighted by molar-refractivity contribution is -0.387. The molecule has 1 aliphatic heterocycles. The molecule has 0 bridgehead atoms. The number of nitro benzene ring substituents is 1. The van der Waals surface area contributed by atoms with E-state index in [9.17, 15) is 23.3 Å². The van der Waals surface area contributed by atoms with E-state index in [0.29, 0.717) is 22.5 Å². The standard InChI is InChI=1S/C25H21N3O7S/c1-3-34-23-16-18(15-20-17(2)26-27(25(20)29)19-9-5-4-6-10-19)13-14-22(23)35-36(32,33)24-12-8-7-11-21(24)28(30)31/h4-16H,3H2,1-2H3/b20-15+. The molecule has 11 heteroatoms. The molecule has 0 saturated carbocycles. The van der Waals surface area contributed by atoms with Gasteiger partial charge in [-0.1, -0.05) is 36.4 Å². The molecular weight excluding hydrogens is 486 g/mol. The Labute approximate surface area is 207 Å². The number of benzene rings is 3. The Bertz CT molecular complexity index is 1500. The van der Waals surface area contributed by atoms with Crippen LogP contribution in [-0.4, -0.2) is 31.6 Å². The molecule has 0 aliphatic carbocycles. The first-order valence-corrected chi connectivity index (χ1v) is 12.2. The number of hydrogen-bond acceptors (Lipinski definition) is 8. The zero-order chi connectivity index (χ0) is 25.9. The van der Waals surface area contributed by atoms with Gasteiger partial charge in [-0.3, -0.25) is 14.9 Å². The molecule has 0 spiro atoms. The van der Waals surface area contributed by atoms with Crippen molar-refractivity contribution in [2.45, 2.75) is 18.7 Å². The van der Waals surface area contributed by atoms with Crippen LogP contribution in [0.3, 0.4) is 0 Å². The van der Waals surface area contributed by atoms with Crippen LogP contribution in [0.4, 0.5) is 11.4 Å². The summed E-state index contributed by atoms with van der Waals surface area (Å²) >= 11 is 0. The second-order valence-electron chi connectivity index (χ2n) is 7.60. The maximum absolute atomic E-state index is 13.0. The van der Waals surface area contributed by atoms with E-state index >= 15 is 0 Å². The van der Waals surface area contributed by atoms with Crippen molar-refractivity contribution >= 4 is 39.2 Å². The van der Waals surface area contributed by atoms with Gasteiger partial charge in [0, 0.05) is 6.07 Å². The minimum Gasteiger partial charge on any atom is -0.490 e. The van der Waals surface area contributed by atoms with E-state index in [2.05, 4.69) is 5.10 Å². The highest BCUT2D eigenvalue weighted by molar-refractivity contribution is 7.87. The van der Waals surface area contributed by atoms with Gasteiger partial charge in [-0.15, -0.1) is 0 Å². The molecule has 0 fully saturated rings. The summed E-state index contributed by atoms with van der Waals surface area (Å²) in [5, 5.41) is 16.9. The Kier molecular flexibility index (Phi) is 6.84. The molecule has 0 unspecified atom stereocenters. The van der Waals surface area contributed by atoms with Gasteiger partial charge < -0.3 is 8.92 Å². The van der Waals surface area contributed by atoms with Gasteiger partial charge in [0.1, 0.15) is 0 Å². The highest BCUT2D eigenvalue weighted by Crippen LogP contribution is 2.34. The summed E-state index contributed by atoms with van der Waals surface area (Å²) in [6, 6.07) is 18.3. The van der Waals surface area contributed by atoms with Crippen molar-refractivity contribution in [3.63, 3.8) is 0 Å². The van der Waals surface area contributed by atoms with E-state index in [1.807, 2.05) is 6.07 Å². The van der Waals surface area contributed by atoms with Crippen molar-refractivity contribution in [3.8, 4) is 11.5 Å². The van der Waals surface area contributed by atoms with Gasteiger partial charge in [-0.25, -0.2) is 0 Å². The van der Waals surface area contributed by atoms with Crippen LogP contribution in [0, 0.1) is 10.1 Å². The number of hydrogen-bond donors (Lipinski definition) is 0. The van der Waals surface area contributed by atoms with E-state index in [0.717, 1.165) is 12.1 Å². The number of carbonyl (C=O) groups excluding carboxylic acids is 1. The van der Waals surface area contributed by atoms with Gasteiger partial charge in [0.2, 0.25) is 0 Å². The summed E-state index contributed by atoms with van der Waals surface area (Å²) < 4.78 is 36.5. The highest BCUT2D eigenvalue weighted by Gasteiger charge is 2.30. The first kappa shape index (κ1) is 24.6. The summed E-state index contributed by atoms with van der Waals surface area (Å²) in [5.74, 6) is -0.365. The Hall–Kier alpha value is -4.51. The predicted molar refractivity (Wildman–Crippen MR) is 134 cm³/mol. The fourth-order valence-electron chi connectivity index (χ4n) is 3.53. The lowest BCUT2D eigenvalue weighted by atomic mass is 10.1. The minimum atomic E-state index is -4.54. The van der Waals surface area contributed by atoms with Crippen LogP contribution in [0.1, 0.15) is 19.4 Å². The third-order valence-electron chi connectivity index (χ3n) is 5.17. The van der Waals surface area contributed by atoms with Gasteiger partial charge in [-0.05, 0) is 55.8 Å². The topological polar surface area (TPSA) is 128 Å². The second kappa shape index (κ2) is 10.0. The number of para-hydroxylation sites is 2. The quantitative estimate of drug-likeness (QED) is 0.189. The van der Waals surface area contributed by atoms with Crippen molar-refractivity contribution in [2.75, 3.05) is 11.6 Å². The van der Waals surface area contributed by atoms with Crippen LogP contribution in [0.2, 0.25) is 0 Å². The number of nitrogens with zero attached hydrogens (tertiary/aromatic N) is 3. The molecule has 36 heavy (non-hydrogen) atoms. The smallest absolute Gasteiger partial charge is 0.346 e. The predicted octanol–water partition coefficient (Wildman–Crippen LogP) is 4.57. The highest BCUT2D eigenvalue weighted by atomic mass is 32.2. The summed E-state index contributed by atoms with van der Waals surface area (Å²) in [6.45, 7) is 3.62. The molecule has 0 saturated heterocycles. The van der Waals surface area contributed by atoms with E-state index in [1.165, 1.54) is 29.3 Å². The molecule has 0 aromatic heterocycles. The SMILES string of the molecule is CCOc1cc(/C=C2/C(=O)N(c3ccccc3)N=C2C)ccc1OS(=O)(=O)c1ccccc1[N+](=O)[O-]. The normalized spacial score (nSPS) is 14.6. The first-order chi connectivity index (χ1) is 17.2. The summed E-state index contributed by atoms with van der Waals surface area (Å²) in [6.07, 6.45) is 1.62. The molecule has 1 heterocycles. The van der Waals surface area contributed by atoms with Gasteiger partial charge in [-0.2, -0.15) is 18.5 Å². The number of carbonyl (C=O) groups is 1. The monoisotopic (exact) mass is 507 g/mol. The lowest BCUT2D eigenvalue weighted by Gasteiger charge is -2.13. The van der Waals surface area contributed by atoms with Gasteiger partial charge >= 0.3 is 10.1 Å². The molecular formula is C25H21N3O7S. The molecule has 3 aromatic carbocycles. The van der Waals surface area contributed by atoms with Crippen LogP contribution < -0.4 is 13.9 Å². The number of anilines is 1. The molecule has 3 aromatic rings. The van der Waals surface area contributed by atoms with Crippen molar-refractivity contribution < 1.29 is 27.1 Å². The maximum atomic E-state index is 13.0. The van der Waals surface area contributed by atoms with E-state index in [4.69, 9.17) is 8.92 Å². The number of nitro groups is 1. The van der Waals surface area contributed by atoms with Crippen LogP contribution in [0.5, 0.6) is 11.5 Å². The van der Waals surface area contributed by atoms with E-state index < -0.39 is 25.6 Å². The first-order valence-electron chi connectivity index (χ1n) is 10.8. The summed E-state index contributed by atoms with van der Waals surface area (Å²) in [5.41, 5.74) is 1.45. The molecule has 0 N–H and O–H groups in total. The van der Waals surface area contributed by atoms with Crippen LogP contribution >= 0.6 is 0 Å². The van der Waals surface area contributed by atoms with Crippen molar-refractivity contribution in [1.82, 2.24) is 0 Å². The van der Waals surface area contributed by atoms with Gasteiger partial charge in [0.05, 0.1) is 28.5 Å². The zero-order valence-corrected chi connectivity index (χ0v) is 20.1. The number of ether oxygens (including phenoxy) is 1. The van der Waals surface area contributed by atoms with Crippen LogP contribution in [0.25, 0.3) is 6.08 Å². The average molecular weight is 508 g/mol. The van der Waals surface area contributed by atoms with Crippen LogP contribution in [0.15, 0.2) is 88.4 Å². The lowest BCUT2D eigenvalue weighted by Crippen LogP contribution is -2.21. The molecule has 10 nitrogen and oxygen atoms in total. The Balaban J connectivity index is 1.66. The molecule has 184 valence electrons. The largest absolute Gasteiger partial charge is 0.490 e. The summed E-state index contributed by atoms with van der Waals surface area (Å²) in [4.78, 5) is 22.9. The molecule has 1 amide bonds. The number of hydrazone groups is 1. The Morgan fingerprint density at radius 1 is 1.03 bits per heavy atom. The molecule has 4 rings (SSSR count). The van der Waals surface area contributed by atoms with Crippen molar-refractivity contribution in [2.24, 2.45) is 5.10 Å². The Morgan fingerprint density at radius 2 is 1.72 bits per heavy atom. The summed E-state index contributed by atoms with van der Waals surface area (Å²) in [7, 11) is -4.54. The average Bonchev–Trinajstić information content (AvgIpc) is 3.14. The van der Waals surface area contributed by atoms with Gasteiger partial charge in [0.25, 0.3) is 11.6 Å². The molecule has 0 radical (unpaired) electrons. The van der Waals surface area contributed by atoms with Crippen molar-refractivity contribution in [3.05, 3.63) is 94.0 Å². The third kappa shape index (κ3) is 4.96. The van der Waals surface area contributed by atoms with Gasteiger partial charge in [0.15, 0.2) is 16.4 Å². The molecule has 1 aliphatic rings. The van der Waals surface area contributed by atoms with Crippen LogP contribution in [-0.2, 0) is 14.9 Å². The number of rotatable bonds is 8. The minimum absolute atomic E-state index is 0.0916. The van der Waals surface area contributed by atoms with E-state index in [1.54, 1.807) is 50.3 Å². The molecule has 0 atom stereocenters.